The maximum Gasteiger partial charge on any atom is 0.223 e. The number of nitrogens with one attached hydrogen (secondary N) is 1. The van der Waals surface area contributed by atoms with Crippen LogP contribution in [0.3, 0.4) is 0 Å². The molecule has 3 fully saturated rings. The molecule has 1 unspecified atom stereocenters. The van der Waals surface area contributed by atoms with Gasteiger partial charge < -0.3 is 15.1 Å². The molecule has 0 bridgehead atoms. The molecule has 5 nitrogen and oxygen atoms in total. The van der Waals surface area contributed by atoms with Crippen molar-refractivity contribution in [3.05, 3.63) is 29.6 Å². The maximum atomic E-state index is 12.3. The number of carbonyl (C=O) groups is 1. The number of amides is 1. The molecular formula is C23H36N4O. The highest BCUT2D eigenvalue weighted by Crippen LogP contribution is 2.26. The van der Waals surface area contributed by atoms with E-state index >= 15 is 0 Å². The smallest absolute Gasteiger partial charge is 0.223 e. The van der Waals surface area contributed by atoms with Gasteiger partial charge in [0.25, 0.3) is 0 Å². The van der Waals surface area contributed by atoms with Crippen LogP contribution in [0.15, 0.2) is 18.3 Å². The lowest BCUT2D eigenvalue weighted by molar-refractivity contribution is -0.126. The summed E-state index contributed by atoms with van der Waals surface area (Å²) in [6, 6.07) is 6.03. The molecule has 1 aromatic heterocycles. The standard InChI is InChI=1S/C23H36N4O/c1-17-5-10-24-21(15-17)16-18(2)26-13-8-22(9-14-26)27-11-6-19(7-12-27)23(28)25-20-3-4-20/h5,10,15,18-20,22H,3-4,6-9,11-14,16H2,1-2H3,(H,25,28). The second-order valence-corrected chi connectivity index (χ2v) is 9.24. The second-order valence-electron chi connectivity index (χ2n) is 9.24. The molecule has 1 atom stereocenters. The Morgan fingerprint density at radius 3 is 2.50 bits per heavy atom. The van der Waals surface area contributed by atoms with Crippen molar-refractivity contribution in [2.75, 3.05) is 26.2 Å². The summed E-state index contributed by atoms with van der Waals surface area (Å²) in [6.07, 6.45) is 9.91. The number of piperidine rings is 2. The van der Waals surface area contributed by atoms with Crippen LogP contribution in [0.1, 0.15) is 56.7 Å². The van der Waals surface area contributed by atoms with E-state index in [9.17, 15) is 4.79 Å². The number of nitrogens with zero attached hydrogens (tertiary/aromatic N) is 3. The molecule has 2 saturated heterocycles. The van der Waals surface area contributed by atoms with Gasteiger partial charge in [-0.3, -0.25) is 9.78 Å². The average Bonchev–Trinajstić information content (AvgIpc) is 3.52. The van der Waals surface area contributed by atoms with Crippen molar-refractivity contribution in [1.29, 1.82) is 0 Å². The van der Waals surface area contributed by atoms with Gasteiger partial charge in [-0.05, 0) is 96.2 Å². The lowest BCUT2D eigenvalue weighted by Crippen LogP contribution is -2.51. The number of carbonyl (C=O) groups excluding carboxylic acids is 1. The topological polar surface area (TPSA) is 48.5 Å². The van der Waals surface area contributed by atoms with E-state index in [1.807, 2.05) is 6.20 Å². The first-order chi connectivity index (χ1) is 13.6. The van der Waals surface area contributed by atoms with Crippen molar-refractivity contribution < 1.29 is 4.79 Å². The largest absolute Gasteiger partial charge is 0.353 e. The van der Waals surface area contributed by atoms with Gasteiger partial charge in [0.05, 0.1) is 0 Å². The van der Waals surface area contributed by atoms with Crippen LogP contribution in [0.25, 0.3) is 0 Å². The highest BCUT2D eigenvalue weighted by Gasteiger charge is 2.33. The third-order valence-corrected chi connectivity index (χ3v) is 6.94. The lowest BCUT2D eigenvalue weighted by atomic mass is 9.92. The molecule has 0 aromatic carbocycles. The highest BCUT2D eigenvalue weighted by molar-refractivity contribution is 5.79. The molecule has 28 heavy (non-hydrogen) atoms. The molecule has 3 aliphatic rings. The van der Waals surface area contributed by atoms with Crippen molar-refractivity contribution in [3.8, 4) is 0 Å². The minimum Gasteiger partial charge on any atom is -0.353 e. The van der Waals surface area contributed by atoms with Gasteiger partial charge in [0.1, 0.15) is 0 Å². The summed E-state index contributed by atoms with van der Waals surface area (Å²) in [5.41, 5.74) is 2.51. The molecule has 1 amide bonds. The van der Waals surface area contributed by atoms with Gasteiger partial charge in [0, 0.05) is 42.4 Å². The van der Waals surface area contributed by atoms with Crippen LogP contribution in [0.2, 0.25) is 0 Å². The Labute approximate surface area is 169 Å². The summed E-state index contributed by atoms with van der Waals surface area (Å²) < 4.78 is 0. The monoisotopic (exact) mass is 384 g/mol. The fourth-order valence-electron chi connectivity index (χ4n) is 4.91. The second kappa shape index (κ2) is 8.91. The van der Waals surface area contributed by atoms with Crippen LogP contribution in [0.4, 0.5) is 0 Å². The summed E-state index contributed by atoms with van der Waals surface area (Å²) in [5.74, 6) is 0.564. The first kappa shape index (κ1) is 19.8. The predicted octanol–water partition coefficient (Wildman–Crippen LogP) is 2.78. The summed E-state index contributed by atoms with van der Waals surface area (Å²) >= 11 is 0. The Hall–Kier alpha value is -1.46. The number of rotatable bonds is 6. The zero-order chi connectivity index (χ0) is 19.5. The first-order valence-electron chi connectivity index (χ1n) is 11.3. The van der Waals surface area contributed by atoms with Crippen LogP contribution in [0, 0.1) is 12.8 Å². The van der Waals surface area contributed by atoms with Gasteiger partial charge in [-0.15, -0.1) is 0 Å². The molecule has 3 heterocycles. The van der Waals surface area contributed by atoms with Crippen molar-refractivity contribution >= 4 is 5.91 Å². The van der Waals surface area contributed by atoms with Crippen molar-refractivity contribution in [1.82, 2.24) is 20.1 Å². The van der Waals surface area contributed by atoms with Crippen LogP contribution in [0.5, 0.6) is 0 Å². The molecule has 1 saturated carbocycles. The molecule has 1 aromatic rings. The van der Waals surface area contributed by atoms with Crippen LogP contribution in [-0.4, -0.2) is 65.0 Å². The summed E-state index contributed by atoms with van der Waals surface area (Å²) in [4.78, 5) is 22.1. The van der Waals surface area contributed by atoms with E-state index in [1.54, 1.807) is 0 Å². The normalized spacial score (nSPS) is 24.2. The van der Waals surface area contributed by atoms with Gasteiger partial charge in [-0.1, -0.05) is 0 Å². The number of likely N-dealkylation sites (tertiary alicyclic amines) is 2. The zero-order valence-corrected chi connectivity index (χ0v) is 17.6. The van der Waals surface area contributed by atoms with Gasteiger partial charge in [-0.2, -0.15) is 0 Å². The van der Waals surface area contributed by atoms with Crippen LogP contribution >= 0.6 is 0 Å². The van der Waals surface area contributed by atoms with Gasteiger partial charge >= 0.3 is 0 Å². The quantitative estimate of drug-likeness (QED) is 0.819. The summed E-state index contributed by atoms with van der Waals surface area (Å²) in [5, 5.41) is 3.19. The molecule has 4 rings (SSSR count). The third kappa shape index (κ3) is 5.12. The van der Waals surface area contributed by atoms with E-state index in [4.69, 9.17) is 0 Å². The van der Waals surface area contributed by atoms with Crippen LogP contribution < -0.4 is 5.32 Å². The van der Waals surface area contributed by atoms with Crippen molar-refractivity contribution in [2.45, 2.75) is 76.9 Å². The Morgan fingerprint density at radius 2 is 1.86 bits per heavy atom. The fraction of sp³-hybridized carbons (Fsp3) is 0.739. The molecule has 0 radical (unpaired) electrons. The number of hydrogen-bond donors (Lipinski definition) is 1. The predicted molar refractivity (Wildman–Crippen MR) is 112 cm³/mol. The molecule has 154 valence electrons. The van der Waals surface area contributed by atoms with Gasteiger partial charge in [0.15, 0.2) is 0 Å². The Kier molecular flexibility index (Phi) is 6.32. The van der Waals surface area contributed by atoms with Crippen molar-refractivity contribution in [3.63, 3.8) is 0 Å². The number of pyridine rings is 1. The SMILES string of the molecule is Cc1ccnc(CC(C)N2CCC(N3CCC(C(=O)NC4CC4)CC3)CC2)c1. The van der Waals surface area contributed by atoms with Gasteiger partial charge in [-0.25, -0.2) is 0 Å². The van der Waals surface area contributed by atoms with E-state index in [-0.39, 0.29) is 5.92 Å². The molecular weight excluding hydrogens is 348 g/mol. The molecule has 0 spiro atoms. The molecule has 2 aliphatic heterocycles. The number of hydrogen-bond acceptors (Lipinski definition) is 4. The Morgan fingerprint density at radius 1 is 1.14 bits per heavy atom. The molecule has 1 aliphatic carbocycles. The first-order valence-corrected chi connectivity index (χ1v) is 11.3. The lowest BCUT2D eigenvalue weighted by Gasteiger charge is -2.43. The maximum absolute atomic E-state index is 12.3. The number of aryl methyl sites for hydroxylation is 1. The van der Waals surface area contributed by atoms with Crippen LogP contribution in [-0.2, 0) is 11.2 Å². The van der Waals surface area contributed by atoms with Crippen molar-refractivity contribution in [2.24, 2.45) is 5.92 Å². The zero-order valence-electron chi connectivity index (χ0n) is 17.6. The molecule has 5 heteroatoms. The summed E-state index contributed by atoms with van der Waals surface area (Å²) in [7, 11) is 0. The average molecular weight is 385 g/mol. The Balaban J connectivity index is 1.19. The van der Waals surface area contributed by atoms with Gasteiger partial charge in [0.2, 0.25) is 5.91 Å². The summed E-state index contributed by atoms with van der Waals surface area (Å²) in [6.45, 7) is 9.03. The fourth-order valence-corrected chi connectivity index (χ4v) is 4.91. The minimum absolute atomic E-state index is 0.249. The van der Waals surface area contributed by atoms with E-state index in [0.29, 0.717) is 24.0 Å². The minimum atomic E-state index is 0.249. The Bertz CT molecular complexity index is 658. The molecule has 1 N–H and O–H groups in total. The van der Waals surface area contributed by atoms with E-state index in [1.165, 1.54) is 50.0 Å². The third-order valence-electron chi connectivity index (χ3n) is 6.94. The van der Waals surface area contributed by atoms with E-state index in [0.717, 1.165) is 32.4 Å². The highest BCUT2D eigenvalue weighted by atomic mass is 16.2. The van der Waals surface area contributed by atoms with E-state index < -0.39 is 0 Å². The number of aromatic nitrogens is 1. The van der Waals surface area contributed by atoms with E-state index in [2.05, 4.69) is 46.1 Å².